The molecule has 1 aromatic carbocycles. The van der Waals surface area contributed by atoms with Crippen molar-refractivity contribution in [3.63, 3.8) is 0 Å². The molecule has 1 saturated heterocycles. The molecule has 1 aliphatic heterocycles. The fourth-order valence-electron chi connectivity index (χ4n) is 2.71. The molecule has 1 aliphatic rings. The van der Waals surface area contributed by atoms with E-state index in [1.807, 2.05) is 24.0 Å². The molecule has 6 heteroatoms. The third-order valence-corrected chi connectivity index (χ3v) is 4.13. The van der Waals surface area contributed by atoms with E-state index < -0.39 is 0 Å². The predicted octanol–water partition coefficient (Wildman–Crippen LogP) is 2.48. The number of benzene rings is 1. The average Bonchev–Trinajstić information content (AvgIpc) is 2.64. The highest BCUT2D eigenvalue weighted by atomic mass is 16.5. The van der Waals surface area contributed by atoms with Gasteiger partial charge in [-0.3, -0.25) is 4.79 Å². The molecule has 0 saturated carbocycles. The molecular weight excluding hydrogens is 306 g/mol. The van der Waals surface area contributed by atoms with Crippen LogP contribution in [0.3, 0.4) is 0 Å². The Morgan fingerprint density at radius 2 is 1.79 bits per heavy atom. The Kier molecular flexibility index (Phi) is 4.93. The van der Waals surface area contributed by atoms with Gasteiger partial charge in [0.05, 0.1) is 12.8 Å². The van der Waals surface area contributed by atoms with Gasteiger partial charge < -0.3 is 14.4 Å². The van der Waals surface area contributed by atoms with E-state index in [4.69, 9.17) is 9.47 Å². The first-order chi connectivity index (χ1) is 11.7. The first-order valence-corrected chi connectivity index (χ1v) is 8.06. The lowest BCUT2D eigenvalue weighted by molar-refractivity contribution is 0.0586. The molecule has 24 heavy (non-hydrogen) atoms. The van der Waals surface area contributed by atoms with Gasteiger partial charge in [0, 0.05) is 37.6 Å². The van der Waals surface area contributed by atoms with E-state index in [0.29, 0.717) is 24.5 Å². The number of methoxy groups -OCH3 is 1. The molecule has 3 rings (SSSR count). The van der Waals surface area contributed by atoms with E-state index >= 15 is 0 Å². The molecule has 2 aromatic rings. The topological polar surface area (TPSA) is 64.5 Å². The van der Waals surface area contributed by atoms with Crippen LogP contribution in [0, 0.1) is 6.92 Å². The molecule has 2 heterocycles. The van der Waals surface area contributed by atoms with Crippen LogP contribution in [-0.4, -0.2) is 47.3 Å². The summed E-state index contributed by atoms with van der Waals surface area (Å²) in [4.78, 5) is 14.4. The summed E-state index contributed by atoms with van der Waals surface area (Å²) < 4.78 is 11.0. The van der Waals surface area contributed by atoms with E-state index in [1.54, 1.807) is 31.4 Å². The van der Waals surface area contributed by atoms with Gasteiger partial charge in [-0.15, -0.1) is 5.10 Å². The SMILES string of the molecule is COc1ccc(C(=O)N2CCC(Oc3ccc(C)nn3)CC2)cc1. The smallest absolute Gasteiger partial charge is 0.253 e. The van der Waals surface area contributed by atoms with Crippen LogP contribution in [0.2, 0.25) is 0 Å². The van der Waals surface area contributed by atoms with Crippen molar-refractivity contribution in [1.82, 2.24) is 15.1 Å². The molecule has 0 spiro atoms. The highest BCUT2D eigenvalue weighted by Gasteiger charge is 2.25. The van der Waals surface area contributed by atoms with Crippen LogP contribution in [0.25, 0.3) is 0 Å². The number of aromatic nitrogens is 2. The van der Waals surface area contributed by atoms with Crippen LogP contribution < -0.4 is 9.47 Å². The fraction of sp³-hybridized carbons (Fsp3) is 0.389. The van der Waals surface area contributed by atoms with Crippen molar-refractivity contribution >= 4 is 5.91 Å². The zero-order valence-corrected chi connectivity index (χ0v) is 13.9. The standard InChI is InChI=1S/C18H21N3O3/c1-13-3-8-17(20-19-13)24-16-9-11-21(12-10-16)18(22)14-4-6-15(23-2)7-5-14/h3-8,16H,9-12H2,1-2H3. The van der Waals surface area contributed by atoms with E-state index in [1.165, 1.54) is 0 Å². The van der Waals surface area contributed by atoms with Gasteiger partial charge in [-0.1, -0.05) is 0 Å². The fourth-order valence-corrected chi connectivity index (χ4v) is 2.71. The van der Waals surface area contributed by atoms with Crippen molar-refractivity contribution in [2.24, 2.45) is 0 Å². The van der Waals surface area contributed by atoms with Crippen molar-refractivity contribution in [1.29, 1.82) is 0 Å². The van der Waals surface area contributed by atoms with Crippen LogP contribution >= 0.6 is 0 Å². The molecule has 0 aliphatic carbocycles. The van der Waals surface area contributed by atoms with Gasteiger partial charge in [0.25, 0.3) is 5.91 Å². The molecule has 0 atom stereocenters. The van der Waals surface area contributed by atoms with Gasteiger partial charge in [-0.2, -0.15) is 5.10 Å². The summed E-state index contributed by atoms with van der Waals surface area (Å²) in [6.07, 6.45) is 1.65. The summed E-state index contributed by atoms with van der Waals surface area (Å²) in [5, 5.41) is 8.02. The number of ether oxygens (including phenoxy) is 2. The number of rotatable bonds is 4. The van der Waals surface area contributed by atoms with Crippen molar-refractivity contribution in [2.45, 2.75) is 25.9 Å². The maximum absolute atomic E-state index is 12.5. The van der Waals surface area contributed by atoms with Crippen molar-refractivity contribution in [2.75, 3.05) is 20.2 Å². The van der Waals surface area contributed by atoms with Crippen LogP contribution in [-0.2, 0) is 0 Å². The van der Waals surface area contributed by atoms with Crippen LogP contribution in [0.1, 0.15) is 28.9 Å². The zero-order valence-electron chi connectivity index (χ0n) is 13.9. The Balaban J connectivity index is 1.54. The number of nitrogens with zero attached hydrogens (tertiary/aromatic N) is 3. The molecule has 0 bridgehead atoms. The number of hydrogen-bond donors (Lipinski definition) is 0. The number of piperidine rings is 1. The second-order valence-electron chi connectivity index (χ2n) is 5.85. The Labute approximate surface area is 141 Å². The summed E-state index contributed by atoms with van der Waals surface area (Å²) >= 11 is 0. The summed E-state index contributed by atoms with van der Waals surface area (Å²) in [5.74, 6) is 1.34. The quantitative estimate of drug-likeness (QED) is 0.863. The van der Waals surface area contributed by atoms with Gasteiger partial charge in [0.2, 0.25) is 5.88 Å². The molecule has 0 unspecified atom stereocenters. The second-order valence-corrected chi connectivity index (χ2v) is 5.85. The number of amides is 1. The normalized spacial score (nSPS) is 15.2. The number of likely N-dealkylation sites (tertiary alicyclic amines) is 1. The molecule has 0 radical (unpaired) electrons. The van der Waals surface area contributed by atoms with Gasteiger partial charge in [-0.25, -0.2) is 0 Å². The van der Waals surface area contributed by atoms with Crippen molar-refractivity contribution < 1.29 is 14.3 Å². The Morgan fingerprint density at radius 1 is 1.08 bits per heavy atom. The maximum atomic E-state index is 12.5. The first-order valence-electron chi connectivity index (χ1n) is 8.06. The van der Waals surface area contributed by atoms with Crippen molar-refractivity contribution in [3.8, 4) is 11.6 Å². The van der Waals surface area contributed by atoms with Crippen LogP contribution in [0.4, 0.5) is 0 Å². The van der Waals surface area contributed by atoms with E-state index in [2.05, 4.69) is 10.2 Å². The number of carbonyl (C=O) groups excluding carboxylic acids is 1. The van der Waals surface area contributed by atoms with E-state index in [0.717, 1.165) is 24.3 Å². The summed E-state index contributed by atoms with van der Waals surface area (Å²) in [6.45, 7) is 3.24. The molecule has 0 N–H and O–H groups in total. The molecule has 6 nitrogen and oxygen atoms in total. The summed E-state index contributed by atoms with van der Waals surface area (Å²) in [5.41, 5.74) is 1.54. The van der Waals surface area contributed by atoms with Gasteiger partial charge in [-0.05, 0) is 37.3 Å². The lowest BCUT2D eigenvalue weighted by atomic mass is 10.1. The summed E-state index contributed by atoms with van der Waals surface area (Å²) in [6, 6.07) is 10.9. The third-order valence-electron chi connectivity index (χ3n) is 4.13. The molecule has 1 amide bonds. The molecule has 1 aromatic heterocycles. The van der Waals surface area contributed by atoms with Gasteiger partial charge in [0.15, 0.2) is 0 Å². The van der Waals surface area contributed by atoms with Gasteiger partial charge >= 0.3 is 0 Å². The minimum atomic E-state index is 0.0474. The Morgan fingerprint density at radius 3 is 2.38 bits per heavy atom. The molecule has 1 fully saturated rings. The molecular formula is C18H21N3O3. The van der Waals surface area contributed by atoms with E-state index in [9.17, 15) is 4.79 Å². The zero-order chi connectivity index (χ0) is 16.9. The minimum absolute atomic E-state index is 0.0474. The maximum Gasteiger partial charge on any atom is 0.253 e. The minimum Gasteiger partial charge on any atom is -0.497 e. The highest BCUT2D eigenvalue weighted by molar-refractivity contribution is 5.94. The average molecular weight is 327 g/mol. The highest BCUT2D eigenvalue weighted by Crippen LogP contribution is 2.19. The predicted molar refractivity (Wildman–Crippen MR) is 89.3 cm³/mol. The van der Waals surface area contributed by atoms with Gasteiger partial charge in [0.1, 0.15) is 11.9 Å². The third kappa shape index (κ3) is 3.82. The Hall–Kier alpha value is -2.63. The number of aryl methyl sites for hydroxylation is 1. The largest absolute Gasteiger partial charge is 0.497 e. The Bertz CT molecular complexity index is 678. The first kappa shape index (κ1) is 16.2. The number of hydrogen-bond acceptors (Lipinski definition) is 5. The second kappa shape index (κ2) is 7.29. The van der Waals surface area contributed by atoms with Crippen LogP contribution in [0.5, 0.6) is 11.6 Å². The van der Waals surface area contributed by atoms with Crippen molar-refractivity contribution in [3.05, 3.63) is 47.7 Å². The lowest BCUT2D eigenvalue weighted by Gasteiger charge is -2.32. The monoisotopic (exact) mass is 327 g/mol. The lowest BCUT2D eigenvalue weighted by Crippen LogP contribution is -2.41. The molecule has 126 valence electrons. The summed E-state index contributed by atoms with van der Waals surface area (Å²) in [7, 11) is 1.61. The van der Waals surface area contributed by atoms with E-state index in [-0.39, 0.29) is 12.0 Å². The number of carbonyl (C=O) groups is 1. The van der Waals surface area contributed by atoms with Crippen LogP contribution in [0.15, 0.2) is 36.4 Å².